The Hall–Kier alpha value is -2.67. The van der Waals surface area contributed by atoms with Crippen LogP contribution in [-0.2, 0) is 17.8 Å². The van der Waals surface area contributed by atoms with Gasteiger partial charge in [0.25, 0.3) is 5.56 Å². The third kappa shape index (κ3) is 3.77. The molecule has 0 atom stereocenters. The van der Waals surface area contributed by atoms with E-state index in [-0.39, 0.29) is 17.9 Å². The molecule has 6 nitrogen and oxygen atoms in total. The van der Waals surface area contributed by atoms with Crippen LogP contribution >= 0.6 is 15.9 Å². The van der Waals surface area contributed by atoms with Crippen LogP contribution < -0.4 is 10.3 Å². The highest BCUT2D eigenvalue weighted by Crippen LogP contribution is 2.24. The van der Waals surface area contributed by atoms with Crippen molar-refractivity contribution in [2.45, 2.75) is 13.0 Å². The number of methoxy groups -OCH3 is 1. The molecule has 2 aromatic carbocycles. The van der Waals surface area contributed by atoms with Gasteiger partial charge in [-0.1, -0.05) is 34.1 Å². The van der Waals surface area contributed by atoms with Gasteiger partial charge in [-0.25, -0.2) is 5.10 Å². The van der Waals surface area contributed by atoms with Gasteiger partial charge in [0.15, 0.2) is 0 Å². The first-order chi connectivity index (χ1) is 12.5. The van der Waals surface area contributed by atoms with Crippen molar-refractivity contribution in [2.24, 2.45) is 0 Å². The molecular weight excluding hydrogens is 398 g/mol. The topological polar surface area (TPSA) is 75.3 Å². The number of rotatable bonds is 5. The molecule has 0 saturated carbocycles. The summed E-state index contributed by atoms with van der Waals surface area (Å²) >= 11 is 3.44. The van der Waals surface area contributed by atoms with Crippen LogP contribution in [0, 0.1) is 0 Å². The van der Waals surface area contributed by atoms with E-state index < -0.39 is 0 Å². The van der Waals surface area contributed by atoms with E-state index in [4.69, 9.17) is 4.74 Å². The number of halogens is 1. The van der Waals surface area contributed by atoms with Crippen molar-refractivity contribution in [1.82, 2.24) is 15.1 Å². The molecule has 1 N–H and O–H groups in total. The number of nitrogens with zero attached hydrogens (tertiary/aromatic N) is 2. The zero-order chi connectivity index (χ0) is 18.7. The molecule has 26 heavy (non-hydrogen) atoms. The van der Waals surface area contributed by atoms with Gasteiger partial charge in [-0.3, -0.25) is 9.59 Å². The number of hydrogen-bond acceptors (Lipinski definition) is 4. The van der Waals surface area contributed by atoms with Crippen molar-refractivity contribution in [2.75, 3.05) is 14.2 Å². The molecule has 3 rings (SSSR count). The summed E-state index contributed by atoms with van der Waals surface area (Å²) in [6.07, 6.45) is 0.101. The number of benzene rings is 2. The Kier molecular flexibility index (Phi) is 5.37. The first-order valence-corrected chi connectivity index (χ1v) is 8.81. The fourth-order valence-corrected chi connectivity index (χ4v) is 3.21. The van der Waals surface area contributed by atoms with Gasteiger partial charge in [0.1, 0.15) is 5.75 Å². The number of carbonyl (C=O) groups is 1. The standard InChI is InChI=1S/C19H18BrN3O3/c1-23(11-12-9-13(20)7-8-17(12)26-2)18(24)10-16-14-5-3-4-6-15(14)19(25)22-21-16/h3-9H,10-11H2,1-2H3,(H,22,25). The number of fused-ring (bicyclic) bond motifs is 1. The lowest BCUT2D eigenvalue weighted by atomic mass is 10.1. The number of ether oxygens (including phenoxy) is 1. The van der Waals surface area contributed by atoms with Crippen molar-refractivity contribution in [3.8, 4) is 5.75 Å². The second kappa shape index (κ2) is 7.70. The van der Waals surface area contributed by atoms with E-state index in [9.17, 15) is 9.59 Å². The Morgan fingerprint density at radius 2 is 1.96 bits per heavy atom. The lowest BCUT2D eigenvalue weighted by Crippen LogP contribution is -2.28. The second-order valence-corrected chi connectivity index (χ2v) is 6.84. The summed E-state index contributed by atoms with van der Waals surface area (Å²) in [5.74, 6) is 0.622. The predicted molar refractivity (Wildman–Crippen MR) is 103 cm³/mol. The molecule has 0 unspecified atom stereocenters. The molecule has 0 saturated heterocycles. The Morgan fingerprint density at radius 1 is 1.23 bits per heavy atom. The van der Waals surface area contributed by atoms with E-state index in [1.807, 2.05) is 24.3 Å². The average molecular weight is 416 g/mol. The zero-order valence-corrected chi connectivity index (χ0v) is 16.0. The van der Waals surface area contributed by atoms with Crippen LogP contribution in [-0.4, -0.2) is 35.2 Å². The van der Waals surface area contributed by atoms with Crippen molar-refractivity contribution in [3.05, 3.63) is 68.5 Å². The van der Waals surface area contributed by atoms with Crippen LogP contribution in [0.4, 0.5) is 0 Å². The van der Waals surface area contributed by atoms with Crippen LogP contribution in [0.5, 0.6) is 5.75 Å². The molecule has 0 bridgehead atoms. The smallest absolute Gasteiger partial charge is 0.272 e. The van der Waals surface area contributed by atoms with Gasteiger partial charge in [-0.05, 0) is 24.3 Å². The number of likely N-dealkylation sites (N-methyl/N-ethyl adjacent to an activating group) is 1. The molecule has 1 aromatic heterocycles. The maximum atomic E-state index is 12.7. The van der Waals surface area contributed by atoms with Gasteiger partial charge in [0.05, 0.1) is 24.6 Å². The molecular formula is C19H18BrN3O3. The highest BCUT2D eigenvalue weighted by Gasteiger charge is 2.16. The Bertz CT molecular complexity index is 1020. The molecule has 7 heteroatoms. The molecule has 0 fully saturated rings. The Morgan fingerprint density at radius 3 is 2.69 bits per heavy atom. The van der Waals surface area contributed by atoms with Crippen molar-refractivity contribution in [3.63, 3.8) is 0 Å². The monoisotopic (exact) mass is 415 g/mol. The fourth-order valence-electron chi connectivity index (χ4n) is 2.80. The van der Waals surface area contributed by atoms with E-state index in [2.05, 4.69) is 26.1 Å². The van der Waals surface area contributed by atoms with E-state index in [1.54, 1.807) is 37.3 Å². The lowest BCUT2D eigenvalue weighted by molar-refractivity contribution is -0.129. The normalized spacial score (nSPS) is 10.7. The largest absolute Gasteiger partial charge is 0.496 e. The number of carbonyl (C=O) groups excluding carboxylic acids is 1. The van der Waals surface area contributed by atoms with Crippen LogP contribution in [0.3, 0.4) is 0 Å². The van der Waals surface area contributed by atoms with Crippen molar-refractivity contribution in [1.29, 1.82) is 0 Å². The average Bonchev–Trinajstić information content (AvgIpc) is 2.64. The minimum Gasteiger partial charge on any atom is -0.496 e. The summed E-state index contributed by atoms with van der Waals surface area (Å²) in [4.78, 5) is 26.2. The maximum Gasteiger partial charge on any atom is 0.272 e. The van der Waals surface area contributed by atoms with Crippen molar-refractivity contribution >= 4 is 32.6 Å². The number of aromatic amines is 1. The van der Waals surface area contributed by atoms with Gasteiger partial charge in [-0.15, -0.1) is 0 Å². The third-order valence-corrected chi connectivity index (χ3v) is 4.66. The summed E-state index contributed by atoms with van der Waals surface area (Å²) in [7, 11) is 3.33. The van der Waals surface area contributed by atoms with Crippen LogP contribution in [0.1, 0.15) is 11.3 Å². The molecule has 0 aliphatic heterocycles. The first-order valence-electron chi connectivity index (χ1n) is 8.02. The molecule has 134 valence electrons. The molecule has 1 heterocycles. The molecule has 1 amide bonds. The number of aromatic nitrogens is 2. The number of amides is 1. The highest BCUT2D eigenvalue weighted by atomic mass is 79.9. The van der Waals surface area contributed by atoms with E-state index in [0.29, 0.717) is 23.0 Å². The van der Waals surface area contributed by atoms with Gasteiger partial charge in [0.2, 0.25) is 5.91 Å². The van der Waals surface area contributed by atoms with Gasteiger partial charge >= 0.3 is 0 Å². The van der Waals surface area contributed by atoms with E-state index in [1.165, 1.54) is 0 Å². The molecule has 0 radical (unpaired) electrons. The Labute approximate surface area is 158 Å². The van der Waals surface area contributed by atoms with Crippen LogP contribution in [0.15, 0.2) is 51.7 Å². The van der Waals surface area contributed by atoms with Gasteiger partial charge < -0.3 is 9.64 Å². The van der Waals surface area contributed by atoms with Crippen LogP contribution in [0.2, 0.25) is 0 Å². The predicted octanol–water partition coefficient (Wildman–Crippen LogP) is 2.90. The maximum absolute atomic E-state index is 12.7. The minimum atomic E-state index is -0.260. The quantitative estimate of drug-likeness (QED) is 0.694. The molecule has 0 aliphatic carbocycles. The molecule has 0 spiro atoms. The second-order valence-electron chi connectivity index (χ2n) is 5.93. The van der Waals surface area contributed by atoms with E-state index in [0.717, 1.165) is 15.8 Å². The van der Waals surface area contributed by atoms with Gasteiger partial charge in [0, 0.05) is 29.0 Å². The first kappa shape index (κ1) is 18.1. The summed E-state index contributed by atoms with van der Waals surface area (Å²) in [5, 5.41) is 7.75. The zero-order valence-electron chi connectivity index (χ0n) is 14.5. The summed E-state index contributed by atoms with van der Waals surface area (Å²) < 4.78 is 6.28. The molecule has 0 aliphatic rings. The number of nitrogens with one attached hydrogen (secondary N) is 1. The Balaban J connectivity index is 1.82. The van der Waals surface area contributed by atoms with Gasteiger partial charge in [-0.2, -0.15) is 5.10 Å². The fraction of sp³-hybridized carbons (Fsp3) is 0.211. The molecule has 3 aromatic rings. The van der Waals surface area contributed by atoms with E-state index >= 15 is 0 Å². The summed E-state index contributed by atoms with van der Waals surface area (Å²) in [6.45, 7) is 0.405. The summed E-state index contributed by atoms with van der Waals surface area (Å²) in [5.41, 5.74) is 1.19. The lowest BCUT2D eigenvalue weighted by Gasteiger charge is -2.19. The third-order valence-electron chi connectivity index (χ3n) is 4.17. The van der Waals surface area contributed by atoms with Crippen molar-refractivity contribution < 1.29 is 9.53 Å². The number of hydrogen-bond donors (Lipinski definition) is 1. The van der Waals surface area contributed by atoms with Crippen LogP contribution in [0.25, 0.3) is 10.8 Å². The summed E-state index contributed by atoms with van der Waals surface area (Å²) in [6, 6.07) is 12.8. The highest BCUT2D eigenvalue weighted by molar-refractivity contribution is 9.10. The number of H-pyrrole nitrogens is 1. The SMILES string of the molecule is COc1ccc(Br)cc1CN(C)C(=O)Cc1n[nH]c(=O)c2ccccc12. The minimum absolute atomic E-state index is 0.100.